The maximum atomic E-state index is 12.5. The van der Waals surface area contributed by atoms with Crippen LogP contribution in [-0.4, -0.2) is 36.1 Å². The molecule has 1 heterocycles. The molecule has 0 atom stereocenters. The van der Waals surface area contributed by atoms with E-state index in [-0.39, 0.29) is 11.7 Å². The van der Waals surface area contributed by atoms with Gasteiger partial charge in [-0.2, -0.15) is 0 Å². The first-order valence-corrected chi connectivity index (χ1v) is 7.46. The van der Waals surface area contributed by atoms with Gasteiger partial charge in [-0.05, 0) is 48.2 Å². The van der Waals surface area contributed by atoms with Gasteiger partial charge in [-0.3, -0.25) is 4.79 Å². The number of methoxy groups -OCH3 is 1. The van der Waals surface area contributed by atoms with Gasteiger partial charge in [-0.1, -0.05) is 18.2 Å². The summed E-state index contributed by atoms with van der Waals surface area (Å²) < 4.78 is 5.14. The molecule has 0 aliphatic carbocycles. The van der Waals surface area contributed by atoms with E-state index in [1.807, 2.05) is 35.2 Å². The zero-order valence-corrected chi connectivity index (χ0v) is 12.6. The van der Waals surface area contributed by atoms with Crippen molar-refractivity contribution in [2.45, 2.75) is 12.8 Å². The fraction of sp³-hybridized carbons (Fsp3) is 0.278. The number of rotatable bonds is 3. The largest absolute Gasteiger partial charge is 0.504 e. The van der Waals surface area contributed by atoms with Crippen molar-refractivity contribution in [1.82, 2.24) is 4.90 Å². The SMILES string of the molecule is COc1cc(-c2cccc(C(=O)N3CCCC3)c2)ccc1O. The second-order valence-corrected chi connectivity index (χ2v) is 5.47. The summed E-state index contributed by atoms with van der Waals surface area (Å²) in [6.07, 6.45) is 2.17. The highest BCUT2D eigenvalue weighted by Crippen LogP contribution is 2.31. The molecule has 1 saturated heterocycles. The van der Waals surface area contributed by atoms with E-state index in [0.717, 1.165) is 37.1 Å². The summed E-state index contributed by atoms with van der Waals surface area (Å²) in [5.74, 6) is 0.620. The molecule has 0 unspecified atom stereocenters. The molecule has 0 saturated carbocycles. The van der Waals surface area contributed by atoms with Gasteiger partial charge < -0.3 is 14.7 Å². The molecule has 4 nitrogen and oxygen atoms in total. The number of amides is 1. The van der Waals surface area contributed by atoms with Gasteiger partial charge in [0.25, 0.3) is 5.91 Å². The predicted octanol–water partition coefficient (Wildman–Crippen LogP) is 3.30. The van der Waals surface area contributed by atoms with Crippen LogP contribution in [0.15, 0.2) is 42.5 Å². The first-order chi connectivity index (χ1) is 10.7. The Morgan fingerprint density at radius 2 is 1.82 bits per heavy atom. The molecular formula is C18H19NO3. The minimum absolute atomic E-state index is 0.0880. The maximum Gasteiger partial charge on any atom is 0.253 e. The number of phenolic OH excluding ortho intramolecular Hbond substituents is 1. The summed E-state index contributed by atoms with van der Waals surface area (Å²) in [4.78, 5) is 14.4. The molecule has 0 aromatic heterocycles. The Morgan fingerprint density at radius 3 is 2.55 bits per heavy atom. The van der Waals surface area contributed by atoms with Crippen LogP contribution in [0.5, 0.6) is 11.5 Å². The molecule has 0 radical (unpaired) electrons. The first kappa shape index (κ1) is 14.4. The van der Waals surface area contributed by atoms with Gasteiger partial charge in [0.05, 0.1) is 7.11 Å². The lowest BCUT2D eigenvalue weighted by Gasteiger charge is -2.16. The van der Waals surface area contributed by atoms with Crippen LogP contribution in [0.1, 0.15) is 23.2 Å². The van der Waals surface area contributed by atoms with Crippen LogP contribution in [0.2, 0.25) is 0 Å². The molecular weight excluding hydrogens is 278 g/mol. The average Bonchev–Trinajstić information content (AvgIpc) is 3.09. The zero-order valence-electron chi connectivity index (χ0n) is 12.6. The highest BCUT2D eigenvalue weighted by atomic mass is 16.5. The number of hydrogen-bond acceptors (Lipinski definition) is 3. The fourth-order valence-electron chi connectivity index (χ4n) is 2.79. The van der Waals surface area contributed by atoms with E-state index in [9.17, 15) is 9.90 Å². The van der Waals surface area contributed by atoms with Crippen molar-refractivity contribution < 1.29 is 14.6 Å². The molecule has 22 heavy (non-hydrogen) atoms. The Labute approximate surface area is 130 Å². The van der Waals surface area contributed by atoms with E-state index in [1.165, 1.54) is 7.11 Å². The van der Waals surface area contributed by atoms with Gasteiger partial charge in [-0.25, -0.2) is 0 Å². The van der Waals surface area contributed by atoms with Crippen molar-refractivity contribution in [3.8, 4) is 22.6 Å². The van der Waals surface area contributed by atoms with Gasteiger partial charge in [0.2, 0.25) is 0 Å². The Morgan fingerprint density at radius 1 is 1.09 bits per heavy atom. The number of hydrogen-bond donors (Lipinski definition) is 1. The van der Waals surface area contributed by atoms with E-state index in [4.69, 9.17) is 4.74 Å². The highest BCUT2D eigenvalue weighted by Gasteiger charge is 2.19. The molecule has 2 aromatic rings. The molecule has 114 valence electrons. The summed E-state index contributed by atoms with van der Waals surface area (Å²) in [5, 5.41) is 9.68. The van der Waals surface area contributed by atoms with Crippen molar-refractivity contribution >= 4 is 5.91 Å². The fourth-order valence-corrected chi connectivity index (χ4v) is 2.79. The summed E-state index contributed by atoms with van der Waals surface area (Å²) in [7, 11) is 1.52. The standard InChI is InChI=1S/C18H19NO3/c1-22-17-12-14(7-8-16(17)20)13-5-4-6-15(11-13)18(21)19-9-2-3-10-19/h4-8,11-12,20H,2-3,9-10H2,1H3. The second-order valence-electron chi connectivity index (χ2n) is 5.47. The summed E-state index contributed by atoms with van der Waals surface area (Å²) in [5.41, 5.74) is 2.54. The lowest BCUT2D eigenvalue weighted by molar-refractivity contribution is 0.0793. The smallest absolute Gasteiger partial charge is 0.253 e. The van der Waals surface area contributed by atoms with Crippen LogP contribution in [0.4, 0.5) is 0 Å². The zero-order chi connectivity index (χ0) is 15.5. The number of carbonyl (C=O) groups excluding carboxylic acids is 1. The molecule has 4 heteroatoms. The van der Waals surface area contributed by atoms with Crippen LogP contribution in [0.3, 0.4) is 0 Å². The monoisotopic (exact) mass is 297 g/mol. The molecule has 0 bridgehead atoms. The Bertz CT molecular complexity index is 690. The molecule has 2 aromatic carbocycles. The number of likely N-dealkylation sites (tertiary alicyclic amines) is 1. The van der Waals surface area contributed by atoms with E-state index in [2.05, 4.69) is 0 Å². The van der Waals surface area contributed by atoms with Gasteiger partial charge in [0, 0.05) is 18.7 Å². The van der Waals surface area contributed by atoms with Crippen LogP contribution < -0.4 is 4.74 Å². The molecule has 1 aliphatic rings. The topological polar surface area (TPSA) is 49.8 Å². The van der Waals surface area contributed by atoms with Crippen molar-refractivity contribution in [2.75, 3.05) is 20.2 Å². The number of nitrogens with zero attached hydrogens (tertiary/aromatic N) is 1. The maximum absolute atomic E-state index is 12.5. The molecule has 1 amide bonds. The van der Waals surface area contributed by atoms with Crippen molar-refractivity contribution in [3.63, 3.8) is 0 Å². The van der Waals surface area contributed by atoms with Crippen LogP contribution >= 0.6 is 0 Å². The quantitative estimate of drug-likeness (QED) is 0.945. The summed E-state index contributed by atoms with van der Waals surface area (Å²) in [6.45, 7) is 1.69. The van der Waals surface area contributed by atoms with Crippen molar-refractivity contribution in [2.24, 2.45) is 0 Å². The number of benzene rings is 2. The Balaban J connectivity index is 1.92. The van der Waals surface area contributed by atoms with E-state index < -0.39 is 0 Å². The molecule has 1 aliphatic heterocycles. The second kappa shape index (κ2) is 6.10. The van der Waals surface area contributed by atoms with Gasteiger partial charge >= 0.3 is 0 Å². The Kier molecular flexibility index (Phi) is 4.00. The summed E-state index contributed by atoms with van der Waals surface area (Å²) in [6, 6.07) is 12.8. The van der Waals surface area contributed by atoms with Gasteiger partial charge in [0.15, 0.2) is 11.5 Å². The van der Waals surface area contributed by atoms with E-state index >= 15 is 0 Å². The van der Waals surface area contributed by atoms with Crippen LogP contribution in [0.25, 0.3) is 11.1 Å². The summed E-state index contributed by atoms with van der Waals surface area (Å²) >= 11 is 0. The van der Waals surface area contributed by atoms with E-state index in [0.29, 0.717) is 11.3 Å². The van der Waals surface area contributed by atoms with Gasteiger partial charge in [-0.15, -0.1) is 0 Å². The third-order valence-electron chi connectivity index (χ3n) is 4.02. The number of aromatic hydroxyl groups is 1. The van der Waals surface area contributed by atoms with Crippen LogP contribution in [0, 0.1) is 0 Å². The van der Waals surface area contributed by atoms with E-state index in [1.54, 1.807) is 12.1 Å². The van der Waals surface area contributed by atoms with Crippen molar-refractivity contribution in [3.05, 3.63) is 48.0 Å². The molecule has 3 rings (SSSR count). The predicted molar refractivity (Wildman–Crippen MR) is 85.2 cm³/mol. The third-order valence-corrected chi connectivity index (χ3v) is 4.02. The third kappa shape index (κ3) is 2.77. The number of ether oxygens (including phenoxy) is 1. The van der Waals surface area contributed by atoms with Crippen molar-refractivity contribution in [1.29, 1.82) is 0 Å². The lowest BCUT2D eigenvalue weighted by atomic mass is 10.0. The normalized spacial score (nSPS) is 14.1. The molecule has 1 fully saturated rings. The lowest BCUT2D eigenvalue weighted by Crippen LogP contribution is -2.27. The average molecular weight is 297 g/mol. The Hall–Kier alpha value is -2.49. The first-order valence-electron chi connectivity index (χ1n) is 7.46. The van der Waals surface area contributed by atoms with Gasteiger partial charge in [0.1, 0.15) is 0 Å². The molecule has 0 spiro atoms. The minimum Gasteiger partial charge on any atom is -0.504 e. The molecule has 1 N–H and O–H groups in total. The highest BCUT2D eigenvalue weighted by molar-refractivity contribution is 5.95. The minimum atomic E-state index is 0.0880. The van der Waals surface area contributed by atoms with Crippen LogP contribution in [-0.2, 0) is 0 Å². The number of carbonyl (C=O) groups is 1. The number of phenols is 1.